The second kappa shape index (κ2) is 3.42. The molecule has 0 amide bonds. The first-order valence-corrected chi connectivity index (χ1v) is 4.84. The van der Waals surface area contributed by atoms with E-state index in [0.717, 1.165) is 13.0 Å². The highest BCUT2D eigenvalue weighted by Gasteiger charge is 2.30. The first-order chi connectivity index (χ1) is 4.99. The summed E-state index contributed by atoms with van der Waals surface area (Å²) in [5, 5.41) is 0. The van der Waals surface area contributed by atoms with Gasteiger partial charge in [-0.2, -0.15) is 0 Å². The van der Waals surface area contributed by atoms with Crippen LogP contribution in [-0.2, 0) is 9.47 Å². The monoisotopic (exact) mass is 222 g/mol. The highest BCUT2D eigenvalue weighted by atomic mass is 79.9. The van der Waals surface area contributed by atoms with Gasteiger partial charge in [-0.05, 0) is 27.2 Å². The number of hydrogen-bond acceptors (Lipinski definition) is 2. The van der Waals surface area contributed by atoms with Crippen LogP contribution < -0.4 is 0 Å². The quantitative estimate of drug-likeness (QED) is 0.635. The lowest BCUT2D eigenvalue weighted by Crippen LogP contribution is -2.31. The molecule has 0 aromatic rings. The molecule has 0 bridgehead atoms. The van der Waals surface area contributed by atoms with Gasteiger partial charge in [0.25, 0.3) is 0 Å². The Kier molecular flexibility index (Phi) is 2.95. The molecular weight excluding hydrogens is 208 g/mol. The van der Waals surface area contributed by atoms with Crippen molar-refractivity contribution in [1.82, 2.24) is 0 Å². The maximum absolute atomic E-state index is 5.64. The zero-order valence-corrected chi connectivity index (χ0v) is 8.85. The van der Waals surface area contributed by atoms with Gasteiger partial charge in [0, 0.05) is 0 Å². The van der Waals surface area contributed by atoms with E-state index in [4.69, 9.17) is 9.47 Å². The van der Waals surface area contributed by atoms with E-state index in [1.165, 1.54) is 0 Å². The molecule has 2 atom stereocenters. The molecule has 0 aromatic heterocycles. The van der Waals surface area contributed by atoms with Gasteiger partial charge in [0.05, 0.1) is 17.0 Å². The van der Waals surface area contributed by atoms with E-state index in [1.807, 2.05) is 20.8 Å². The number of ether oxygens (including phenoxy) is 2. The Labute approximate surface area is 76.4 Å². The van der Waals surface area contributed by atoms with Gasteiger partial charge in [-0.25, -0.2) is 0 Å². The summed E-state index contributed by atoms with van der Waals surface area (Å²) in [7, 11) is 0. The number of halogens is 1. The van der Waals surface area contributed by atoms with Gasteiger partial charge < -0.3 is 9.47 Å². The molecule has 0 radical (unpaired) electrons. The van der Waals surface area contributed by atoms with E-state index < -0.39 is 0 Å². The predicted molar refractivity (Wildman–Crippen MR) is 47.9 cm³/mol. The fourth-order valence-corrected chi connectivity index (χ4v) is 1.44. The molecule has 2 nitrogen and oxygen atoms in total. The SMILES string of the molecule is CC(C)(C)OC1OCCC1Br. The van der Waals surface area contributed by atoms with Crippen LogP contribution in [0.5, 0.6) is 0 Å². The smallest absolute Gasteiger partial charge is 0.170 e. The van der Waals surface area contributed by atoms with Crippen LogP contribution in [0, 0.1) is 0 Å². The molecule has 0 spiro atoms. The topological polar surface area (TPSA) is 18.5 Å². The number of alkyl halides is 1. The van der Waals surface area contributed by atoms with E-state index in [-0.39, 0.29) is 11.9 Å². The van der Waals surface area contributed by atoms with Crippen LogP contribution in [0.15, 0.2) is 0 Å². The molecule has 66 valence electrons. The third-order valence-corrected chi connectivity index (χ3v) is 2.33. The zero-order valence-electron chi connectivity index (χ0n) is 7.26. The average molecular weight is 223 g/mol. The minimum atomic E-state index is -0.110. The van der Waals surface area contributed by atoms with Crippen LogP contribution in [-0.4, -0.2) is 23.3 Å². The Morgan fingerprint density at radius 3 is 2.45 bits per heavy atom. The third kappa shape index (κ3) is 3.09. The first-order valence-electron chi connectivity index (χ1n) is 3.92. The van der Waals surface area contributed by atoms with Crippen molar-refractivity contribution >= 4 is 15.9 Å². The van der Waals surface area contributed by atoms with Crippen LogP contribution >= 0.6 is 15.9 Å². The summed E-state index contributed by atoms with van der Waals surface area (Å²) in [5.41, 5.74) is -0.110. The molecule has 1 saturated heterocycles. The van der Waals surface area contributed by atoms with E-state index in [0.29, 0.717) is 4.83 Å². The summed E-state index contributed by atoms with van der Waals surface area (Å²) >= 11 is 3.51. The van der Waals surface area contributed by atoms with Crippen molar-refractivity contribution in [2.75, 3.05) is 6.61 Å². The van der Waals surface area contributed by atoms with Crippen LogP contribution in [0.4, 0.5) is 0 Å². The van der Waals surface area contributed by atoms with Crippen molar-refractivity contribution in [1.29, 1.82) is 0 Å². The summed E-state index contributed by atoms with van der Waals surface area (Å²) in [6.45, 7) is 6.91. The lowest BCUT2D eigenvalue weighted by Gasteiger charge is -2.25. The summed E-state index contributed by atoms with van der Waals surface area (Å²) in [5.74, 6) is 0. The lowest BCUT2D eigenvalue weighted by atomic mass is 10.2. The van der Waals surface area contributed by atoms with Gasteiger partial charge in [-0.3, -0.25) is 0 Å². The molecule has 11 heavy (non-hydrogen) atoms. The Morgan fingerprint density at radius 1 is 1.45 bits per heavy atom. The third-order valence-electron chi connectivity index (χ3n) is 1.44. The first kappa shape index (κ1) is 9.49. The van der Waals surface area contributed by atoms with Crippen LogP contribution in [0.25, 0.3) is 0 Å². The maximum Gasteiger partial charge on any atom is 0.170 e. The van der Waals surface area contributed by atoms with E-state index in [2.05, 4.69) is 15.9 Å². The molecule has 1 aliphatic rings. The van der Waals surface area contributed by atoms with Gasteiger partial charge in [0.2, 0.25) is 0 Å². The van der Waals surface area contributed by atoms with Crippen molar-refractivity contribution in [2.45, 2.75) is 43.9 Å². The van der Waals surface area contributed by atoms with E-state index in [9.17, 15) is 0 Å². The van der Waals surface area contributed by atoms with Crippen LogP contribution in [0.3, 0.4) is 0 Å². The van der Waals surface area contributed by atoms with Gasteiger partial charge >= 0.3 is 0 Å². The lowest BCUT2D eigenvalue weighted by molar-refractivity contribution is -0.168. The second-order valence-electron chi connectivity index (χ2n) is 3.77. The summed E-state index contributed by atoms with van der Waals surface area (Å²) in [4.78, 5) is 0.363. The predicted octanol–water partition coefficient (Wildman–Crippen LogP) is 2.31. The summed E-state index contributed by atoms with van der Waals surface area (Å²) < 4.78 is 11.0. The Hall–Kier alpha value is 0.400. The zero-order chi connectivity index (χ0) is 8.48. The number of hydrogen-bond donors (Lipinski definition) is 0. The maximum atomic E-state index is 5.64. The van der Waals surface area contributed by atoms with Gasteiger partial charge in [0.15, 0.2) is 6.29 Å². The standard InChI is InChI=1S/C8H15BrO2/c1-8(2,3)11-7-6(9)4-5-10-7/h6-7H,4-5H2,1-3H3. The molecular formula is C8H15BrO2. The molecule has 1 aliphatic heterocycles. The van der Waals surface area contributed by atoms with Crippen molar-refractivity contribution in [2.24, 2.45) is 0 Å². The van der Waals surface area contributed by atoms with Crippen molar-refractivity contribution in [3.8, 4) is 0 Å². The minimum Gasteiger partial charge on any atom is -0.351 e. The second-order valence-corrected chi connectivity index (χ2v) is 4.95. The highest BCUT2D eigenvalue weighted by Crippen LogP contribution is 2.25. The van der Waals surface area contributed by atoms with Crippen molar-refractivity contribution in [3.63, 3.8) is 0 Å². The van der Waals surface area contributed by atoms with E-state index >= 15 is 0 Å². The molecule has 1 heterocycles. The summed E-state index contributed by atoms with van der Waals surface area (Å²) in [6.07, 6.45) is 0.982. The van der Waals surface area contributed by atoms with Crippen LogP contribution in [0.1, 0.15) is 27.2 Å². The van der Waals surface area contributed by atoms with Gasteiger partial charge in [0.1, 0.15) is 0 Å². The fourth-order valence-electron chi connectivity index (χ4n) is 0.994. The molecule has 0 aliphatic carbocycles. The van der Waals surface area contributed by atoms with Crippen LogP contribution in [0.2, 0.25) is 0 Å². The number of rotatable bonds is 1. The summed E-state index contributed by atoms with van der Waals surface area (Å²) in [6, 6.07) is 0. The van der Waals surface area contributed by atoms with E-state index in [1.54, 1.807) is 0 Å². The largest absolute Gasteiger partial charge is 0.351 e. The fraction of sp³-hybridized carbons (Fsp3) is 1.00. The molecule has 0 aromatic carbocycles. The Bertz CT molecular complexity index is 131. The molecule has 2 unspecified atom stereocenters. The van der Waals surface area contributed by atoms with Crippen molar-refractivity contribution < 1.29 is 9.47 Å². The normalized spacial score (nSPS) is 32.7. The Morgan fingerprint density at radius 2 is 2.09 bits per heavy atom. The highest BCUT2D eigenvalue weighted by molar-refractivity contribution is 9.09. The van der Waals surface area contributed by atoms with Gasteiger partial charge in [-0.15, -0.1) is 0 Å². The Balaban J connectivity index is 2.37. The average Bonchev–Trinajstić information content (AvgIpc) is 2.12. The molecule has 3 heteroatoms. The molecule has 1 fully saturated rings. The molecule has 0 saturated carbocycles. The van der Waals surface area contributed by atoms with Gasteiger partial charge in [-0.1, -0.05) is 15.9 Å². The molecule has 1 rings (SSSR count). The minimum absolute atomic E-state index is 0.0602. The van der Waals surface area contributed by atoms with Crippen molar-refractivity contribution in [3.05, 3.63) is 0 Å². The molecule has 0 N–H and O–H groups in total.